The number of ether oxygens (including phenoxy) is 1. The predicted octanol–water partition coefficient (Wildman–Crippen LogP) is 2.51. The van der Waals surface area contributed by atoms with Gasteiger partial charge in [0.25, 0.3) is 5.92 Å². The van der Waals surface area contributed by atoms with Crippen molar-refractivity contribution in [3.63, 3.8) is 0 Å². The number of halogens is 2. The molecule has 3 nitrogen and oxygen atoms in total. The fraction of sp³-hybridized carbons (Fsp3) is 0.500. The molecule has 0 unspecified atom stereocenters. The standard InChI is InChI=1S/C12H16F2N2O/c1-17-11-3-2-9(15)8-10(11)16-6-4-12(13,14)5-7-16/h2-3,8H,4-7,15H2,1H3. The Labute approximate surface area is 99.2 Å². The van der Waals surface area contributed by atoms with E-state index in [4.69, 9.17) is 10.5 Å². The van der Waals surface area contributed by atoms with Crippen LogP contribution in [0.15, 0.2) is 18.2 Å². The molecule has 2 rings (SSSR count). The molecule has 1 saturated heterocycles. The number of hydrogen-bond donors (Lipinski definition) is 1. The van der Waals surface area contributed by atoms with Crippen LogP contribution in [0.4, 0.5) is 20.2 Å². The zero-order valence-electron chi connectivity index (χ0n) is 9.75. The highest BCUT2D eigenvalue weighted by Crippen LogP contribution is 2.35. The molecule has 1 aromatic carbocycles. The first-order chi connectivity index (χ1) is 8.02. The van der Waals surface area contributed by atoms with Crippen LogP contribution >= 0.6 is 0 Å². The van der Waals surface area contributed by atoms with Gasteiger partial charge in [-0.25, -0.2) is 8.78 Å². The topological polar surface area (TPSA) is 38.5 Å². The summed E-state index contributed by atoms with van der Waals surface area (Å²) in [7, 11) is 1.56. The molecule has 0 amide bonds. The summed E-state index contributed by atoms with van der Waals surface area (Å²) in [6, 6.07) is 5.26. The summed E-state index contributed by atoms with van der Waals surface area (Å²) >= 11 is 0. The fourth-order valence-corrected chi connectivity index (χ4v) is 2.03. The maximum atomic E-state index is 13.1. The quantitative estimate of drug-likeness (QED) is 0.810. The van der Waals surface area contributed by atoms with Gasteiger partial charge < -0.3 is 15.4 Å². The van der Waals surface area contributed by atoms with Gasteiger partial charge in [-0.1, -0.05) is 0 Å². The maximum Gasteiger partial charge on any atom is 0.251 e. The lowest BCUT2D eigenvalue weighted by atomic mass is 10.1. The molecule has 0 aliphatic carbocycles. The van der Waals surface area contributed by atoms with E-state index in [1.807, 2.05) is 4.90 Å². The van der Waals surface area contributed by atoms with Gasteiger partial charge in [-0.3, -0.25) is 0 Å². The monoisotopic (exact) mass is 242 g/mol. The summed E-state index contributed by atoms with van der Waals surface area (Å²) in [4.78, 5) is 1.90. The molecule has 5 heteroatoms. The van der Waals surface area contributed by atoms with Crippen molar-refractivity contribution in [3.8, 4) is 5.75 Å². The van der Waals surface area contributed by atoms with Gasteiger partial charge in [-0.15, -0.1) is 0 Å². The van der Waals surface area contributed by atoms with E-state index < -0.39 is 5.92 Å². The van der Waals surface area contributed by atoms with Gasteiger partial charge in [0.1, 0.15) is 5.75 Å². The van der Waals surface area contributed by atoms with Crippen molar-refractivity contribution in [2.75, 3.05) is 30.8 Å². The van der Waals surface area contributed by atoms with Crippen LogP contribution < -0.4 is 15.4 Å². The number of hydrogen-bond acceptors (Lipinski definition) is 3. The molecule has 94 valence electrons. The third-order valence-electron chi connectivity index (χ3n) is 3.04. The summed E-state index contributed by atoms with van der Waals surface area (Å²) in [6.45, 7) is 0.652. The highest BCUT2D eigenvalue weighted by Gasteiger charge is 2.34. The third kappa shape index (κ3) is 2.60. The number of nitrogens with two attached hydrogens (primary N) is 1. The highest BCUT2D eigenvalue weighted by atomic mass is 19.3. The van der Waals surface area contributed by atoms with Gasteiger partial charge >= 0.3 is 0 Å². The van der Waals surface area contributed by atoms with E-state index in [1.165, 1.54) is 0 Å². The molecule has 0 radical (unpaired) electrons. The number of methoxy groups -OCH3 is 1. The van der Waals surface area contributed by atoms with Gasteiger partial charge in [0.15, 0.2) is 0 Å². The molecule has 1 aliphatic heterocycles. The predicted molar refractivity (Wildman–Crippen MR) is 63.8 cm³/mol. The van der Waals surface area contributed by atoms with Crippen molar-refractivity contribution in [1.82, 2.24) is 0 Å². The highest BCUT2D eigenvalue weighted by molar-refractivity contribution is 5.65. The third-order valence-corrected chi connectivity index (χ3v) is 3.04. The van der Waals surface area contributed by atoms with Crippen LogP contribution in [0.3, 0.4) is 0 Å². The molecular weight excluding hydrogens is 226 g/mol. The lowest BCUT2D eigenvalue weighted by Crippen LogP contribution is -2.39. The maximum absolute atomic E-state index is 13.1. The van der Waals surface area contributed by atoms with Crippen LogP contribution in [-0.4, -0.2) is 26.1 Å². The molecule has 1 aliphatic rings. The van der Waals surface area contributed by atoms with Crippen molar-refractivity contribution in [2.45, 2.75) is 18.8 Å². The van der Waals surface area contributed by atoms with Crippen molar-refractivity contribution in [2.24, 2.45) is 0 Å². The minimum Gasteiger partial charge on any atom is -0.495 e. The van der Waals surface area contributed by atoms with E-state index in [0.717, 1.165) is 5.69 Å². The van der Waals surface area contributed by atoms with Crippen LogP contribution in [0.25, 0.3) is 0 Å². The molecule has 0 spiro atoms. The van der Waals surface area contributed by atoms with Gasteiger partial charge in [-0.2, -0.15) is 0 Å². The first-order valence-electron chi connectivity index (χ1n) is 5.58. The first-order valence-corrected chi connectivity index (χ1v) is 5.58. The van der Waals surface area contributed by atoms with E-state index in [9.17, 15) is 8.78 Å². The number of benzene rings is 1. The fourth-order valence-electron chi connectivity index (χ4n) is 2.03. The molecule has 0 bridgehead atoms. The van der Waals surface area contributed by atoms with Crippen LogP contribution in [0.2, 0.25) is 0 Å². The van der Waals surface area contributed by atoms with Crippen LogP contribution in [0.1, 0.15) is 12.8 Å². The smallest absolute Gasteiger partial charge is 0.251 e. The average Bonchev–Trinajstić information content (AvgIpc) is 2.29. The molecule has 0 aromatic heterocycles. The van der Waals surface area contributed by atoms with Crippen LogP contribution in [-0.2, 0) is 0 Å². The van der Waals surface area contributed by atoms with Crippen molar-refractivity contribution < 1.29 is 13.5 Å². The van der Waals surface area contributed by atoms with E-state index >= 15 is 0 Å². The molecular formula is C12H16F2N2O. The number of rotatable bonds is 2. The summed E-state index contributed by atoms with van der Waals surface area (Å²) < 4.78 is 31.4. The Morgan fingerprint density at radius 1 is 1.29 bits per heavy atom. The minimum atomic E-state index is -2.54. The Morgan fingerprint density at radius 3 is 2.53 bits per heavy atom. The Balaban J connectivity index is 2.20. The minimum absolute atomic E-state index is 0.120. The zero-order valence-corrected chi connectivity index (χ0v) is 9.75. The molecule has 2 N–H and O–H groups in total. The largest absolute Gasteiger partial charge is 0.495 e. The van der Waals surface area contributed by atoms with Crippen LogP contribution in [0.5, 0.6) is 5.75 Å². The SMILES string of the molecule is COc1ccc(N)cc1N1CCC(F)(F)CC1. The average molecular weight is 242 g/mol. The van der Waals surface area contributed by atoms with Crippen molar-refractivity contribution in [1.29, 1.82) is 0 Å². The Hall–Kier alpha value is -1.52. The molecule has 0 atom stereocenters. The second kappa shape index (κ2) is 4.39. The number of anilines is 2. The summed E-state index contributed by atoms with van der Waals surface area (Å²) in [5, 5.41) is 0. The summed E-state index contributed by atoms with van der Waals surface area (Å²) in [6.07, 6.45) is -0.240. The molecule has 1 heterocycles. The zero-order chi connectivity index (χ0) is 12.5. The normalized spacial score (nSPS) is 19.1. The molecule has 0 saturated carbocycles. The van der Waals surface area contributed by atoms with E-state index in [2.05, 4.69) is 0 Å². The van der Waals surface area contributed by atoms with E-state index in [0.29, 0.717) is 24.5 Å². The van der Waals surface area contributed by atoms with E-state index in [1.54, 1.807) is 25.3 Å². The number of nitrogen functional groups attached to an aromatic ring is 1. The lowest BCUT2D eigenvalue weighted by molar-refractivity contribution is -0.0221. The first kappa shape index (κ1) is 12.0. The Bertz CT molecular complexity index is 399. The van der Waals surface area contributed by atoms with Gasteiger partial charge in [-0.05, 0) is 18.2 Å². The second-order valence-corrected chi connectivity index (χ2v) is 4.27. The number of nitrogens with zero attached hydrogens (tertiary/aromatic N) is 1. The van der Waals surface area contributed by atoms with E-state index in [-0.39, 0.29) is 12.8 Å². The molecule has 17 heavy (non-hydrogen) atoms. The number of alkyl halides is 2. The molecule has 1 aromatic rings. The van der Waals surface area contributed by atoms with Crippen molar-refractivity contribution in [3.05, 3.63) is 18.2 Å². The Morgan fingerprint density at radius 2 is 1.94 bits per heavy atom. The lowest BCUT2D eigenvalue weighted by Gasteiger charge is -2.34. The summed E-state index contributed by atoms with van der Waals surface area (Å²) in [5.41, 5.74) is 7.12. The van der Waals surface area contributed by atoms with Gasteiger partial charge in [0.2, 0.25) is 0 Å². The second-order valence-electron chi connectivity index (χ2n) is 4.27. The van der Waals surface area contributed by atoms with Crippen LogP contribution in [0, 0.1) is 0 Å². The van der Waals surface area contributed by atoms with Gasteiger partial charge in [0, 0.05) is 31.6 Å². The van der Waals surface area contributed by atoms with Crippen molar-refractivity contribution >= 4 is 11.4 Å². The Kier molecular flexibility index (Phi) is 3.09. The van der Waals surface area contributed by atoms with Gasteiger partial charge in [0.05, 0.1) is 12.8 Å². The summed E-state index contributed by atoms with van der Waals surface area (Å²) in [5.74, 6) is -1.87. The number of piperidine rings is 1. The molecule has 1 fully saturated rings.